The Balaban J connectivity index is 1.62. The van der Waals surface area contributed by atoms with E-state index >= 15 is 0 Å². The van der Waals surface area contributed by atoms with Crippen LogP contribution in [-0.2, 0) is 27.4 Å². The summed E-state index contributed by atoms with van der Waals surface area (Å²) in [6.07, 6.45) is 3.76. The van der Waals surface area contributed by atoms with Crippen LogP contribution in [0.1, 0.15) is 23.7 Å². The highest BCUT2D eigenvalue weighted by Crippen LogP contribution is 2.28. The smallest absolute Gasteiger partial charge is 0.408 e. The van der Waals surface area contributed by atoms with E-state index in [0.29, 0.717) is 23.6 Å². The maximum absolute atomic E-state index is 12.8. The number of nitrogens with one attached hydrogen (secondary N) is 3. The number of aromatic amines is 1. The summed E-state index contributed by atoms with van der Waals surface area (Å²) in [4.78, 5) is 42.7. The summed E-state index contributed by atoms with van der Waals surface area (Å²) in [6, 6.07) is 12.9. The molecule has 37 heavy (non-hydrogen) atoms. The molecule has 1 aromatic heterocycles. The zero-order chi connectivity index (χ0) is 26.5. The van der Waals surface area contributed by atoms with Gasteiger partial charge in [-0.2, -0.15) is 5.10 Å². The highest BCUT2D eigenvalue weighted by molar-refractivity contribution is 5.87. The summed E-state index contributed by atoms with van der Waals surface area (Å²) < 4.78 is 15.9. The molecule has 12 nitrogen and oxygen atoms in total. The van der Waals surface area contributed by atoms with Crippen molar-refractivity contribution in [1.82, 2.24) is 20.7 Å². The highest BCUT2D eigenvalue weighted by Gasteiger charge is 2.22. The molecule has 0 aliphatic heterocycles. The van der Waals surface area contributed by atoms with Gasteiger partial charge in [0.15, 0.2) is 18.1 Å². The number of amides is 2. The lowest BCUT2D eigenvalue weighted by Gasteiger charge is -2.16. The molecular weight excluding hydrogens is 482 g/mol. The monoisotopic (exact) mass is 509 g/mol. The van der Waals surface area contributed by atoms with Crippen LogP contribution in [0.15, 0.2) is 66.2 Å². The van der Waals surface area contributed by atoms with E-state index in [9.17, 15) is 14.4 Å². The fourth-order valence-corrected chi connectivity index (χ4v) is 3.11. The molecule has 0 spiro atoms. The van der Waals surface area contributed by atoms with Crippen LogP contribution in [0.2, 0.25) is 0 Å². The van der Waals surface area contributed by atoms with Crippen LogP contribution in [-0.4, -0.2) is 58.5 Å². The van der Waals surface area contributed by atoms with Gasteiger partial charge in [-0.3, -0.25) is 4.79 Å². The Morgan fingerprint density at radius 1 is 1.14 bits per heavy atom. The molecule has 2 amide bonds. The maximum Gasteiger partial charge on any atom is 0.408 e. The number of carboxylic acids is 1. The number of hydrogen-bond donors (Lipinski definition) is 4. The summed E-state index contributed by atoms with van der Waals surface area (Å²) in [5.74, 6) is -1.09. The lowest BCUT2D eigenvalue weighted by molar-refractivity contribution is -0.139. The number of aliphatic carboxylic acids is 1. The van der Waals surface area contributed by atoms with Crippen molar-refractivity contribution >= 4 is 24.2 Å². The van der Waals surface area contributed by atoms with Crippen molar-refractivity contribution in [1.29, 1.82) is 0 Å². The van der Waals surface area contributed by atoms with Crippen LogP contribution in [0.4, 0.5) is 4.79 Å². The van der Waals surface area contributed by atoms with Gasteiger partial charge in [-0.15, -0.1) is 0 Å². The lowest BCUT2D eigenvalue weighted by atomic mass is 10.1. The number of carboxylic acid groups (broad SMARTS) is 1. The SMILES string of the molecule is CCOc1cc(/C=N\NC(=O)[C@@H](Cc2cnc[nH]2)NC(=O)OCc2ccccc2)ccc1OCC(=O)O. The Labute approximate surface area is 212 Å². The van der Waals surface area contributed by atoms with Crippen molar-refractivity contribution in [2.75, 3.05) is 13.2 Å². The molecule has 0 aliphatic carbocycles. The number of rotatable bonds is 13. The Hall–Kier alpha value is -4.87. The number of alkyl carbamates (subject to hydrolysis) is 1. The van der Waals surface area contributed by atoms with Crippen LogP contribution in [0, 0.1) is 0 Å². The normalized spacial score (nSPS) is 11.5. The van der Waals surface area contributed by atoms with Crippen LogP contribution < -0.4 is 20.2 Å². The van der Waals surface area contributed by atoms with Crippen molar-refractivity contribution in [2.45, 2.75) is 26.0 Å². The molecule has 0 aliphatic rings. The Bertz CT molecular complexity index is 1200. The van der Waals surface area contributed by atoms with Gasteiger partial charge < -0.3 is 29.6 Å². The van der Waals surface area contributed by atoms with Crippen molar-refractivity contribution in [3.05, 3.63) is 77.9 Å². The number of ether oxygens (including phenoxy) is 3. The first kappa shape index (κ1) is 26.7. The predicted molar refractivity (Wildman–Crippen MR) is 132 cm³/mol. The summed E-state index contributed by atoms with van der Waals surface area (Å²) in [5.41, 5.74) is 4.41. The summed E-state index contributed by atoms with van der Waals surface area (Å²) >= 11 is 0. The average molecular weight is 510 g/mol. The number of benzene rings is 2. The second kappa shape index (κ2) is 13.9. The Kier molecular flexibility index (Phi) is 10.0. The minimum absolute atomic E-state index is 0.0531. The second-order valence-corrected chi connectivity index (χ2v) is 7.60. The number of H-pyrrole nitrogens is 1. The van der Waals surface area contributed by atoms with Crippen LogP contribution in [0.3, 0.4) is 0 Å². The van der Waals surface area contributed by atoms with Gasteiger partial charge in [0, 0.05) is 18.3 Å². The minimum atomic E-state index is -1.11. The fourth-order valence-electron chi connectivity index (χ4n) is 3.11. The first-order valence-electron chi connectivity index (χ1n) is 11.3. The summed E-state index contributed by atoms with van der Waals surface area (Å²) in [5, 5.41) is 15.3. The minimum Gasteiger partial charge on any atom is -0.490 e. The molecule has 3 aromatic rings. The second-order valence-electron chi connectivity index (χ2n) is 7.60. The third kappa shape index (κ3) is 9.02. The van der Waals surface area contributed by atoms with E-state index in [0.717, 1.165) is 5.56 Å². The molecule has 3 rings (SSSR count). The molecule has 12 heteroatoms. The number of carbonyl (C=O) groups excluding carboxylic acids is 2. The van der Waals surface area contributed by atoms with Gasteiger partial charge in [-0.1, -0.05) is 30.3 Å². The van der Waals surface area contributed by atoms with E-state index in [1.165, 1.54) is 12.5 Å². The van der Waals surface area contributed by atoms with Gasteiger partial charge in [0.25, 0.3) is 5.91 Å². The third-order valence-corrected chi connectivity index (χ3v) is 4.81. The zero-order valence-corrected chi connectivity index (χ0v) is 20.0. The van der Waals surface area contributed by atoms with Gasteiger partial charge in [0.05, 0.1) is 19.1 Å². The number of hydrazone groups is 1. The molecule has 0 fully saturated rings. The molecule has 4 N–H and O–H groups in total. The predicted octanol–water partition coefficient (Wildman–Crippen LogP) is 2.26. The standard InChI is InChI=1S/C25H27N5O7/c1-2-35-22-10-18(8-9-21(22)36-15-23(31)32)12-28-30-24(33)20(11-19-13-26-16-27-19)29-25(34)37-14-17-6-4-3-5-7-17/h3-10,12-13,16,20H,2,11,14-15H2,1H3,(H,26,27)(H,29,34)(H,30,33)(H,31,32)/b28-12-/t20-/m1/s1. The number of carbonyl (C=O) groups is 3. The zero-order valence-electron chi connectivity index (χ0n) is 20.0. The van der Waals surface area contributed by atoms with E-state index < -0.39 is 30.6 Å². The van der Waals surface area contributed by atoms with Crippen molar-refractivity contribution < 1.29 is 33.7 Å². The largest absolute Gasteiger partial charge is 0.490 e. The lowest BCUT2D eigenvalue weighted by Crippen LogP contribution is -2.47. The maximum atomic E-state index is 12.8. The van der Waals surface area contributed by atoms with Crippen LogP contribution in [0.5, 0.6) is 11.5 Å². The molecule has 1 heterocycles. The molecular formula is C25H27N5O7. The first-order chi connectivity index (χ1) is 17.9. The van der Waals surface area contributed by atoms with Gasteiger partial charge in [-0.05, 0) is 36.2 Å². The molecule has 0 saturated heterocycles. The van der Waals surface area contributed by atoms with Crippen molar-refractivity contribution in [3.63, 3.8) is 0 Å². The van der Waals surface area contributed by atoms with E-state index in [-0.39, 0.29) is 18.8 Å². The molecule has 1 atom stereocenters. The van der Waals surface area contributed by atoms with Crippen molar-refractivity contribution in [2.24, 2.45) is 5.10 Å². The quantitative estimate of drug-likeness (QED) is 0.201. The number of nitrogens with zero attached hydrogens (tertiary/aromatic N) is 2. The number of hydrogen-bond acceptors (Lipinski definition) is 8. The molecule has 0 saturated carbocycles. The number of aromatic nitrogens is 2. The third-order valence-electron chi connectivity index (χ3n) is 4.81. The van der Waals surface area contributed by atoms with Gasteiger partial charge in [0.1, 0.15) is 12.6 Å². The summed E-state index contributed by atoms with van der Waals surface area (Å²) in [7, 11) is 0. The van der Waals surface area contributed by atoms with E-state index in [2.05, 4.69) is 25.8 Å². The Morgan fingerprint density at radius 2 is 1.95 bits per heavy atom. The highest BCUT2D eigenvalue weighted by atomic mass is 16.5. The molecule has 194 valence electrons. The van der Waals surface area contributed by atoms with E-state index in [4.69, 9.17) is 19.3 Å². The first-order valence-corrected chi connectivity index (χ1v) is 11.3. The van der Waals surface area contributed by atoms with E-state index in [1.54, 1.807) is 31.3 Å². The topological polar surface area (TPSA) is 164 Å². The van der Waals surface area contributed by atoms with Crippen LogP contribution >= 0.6 is 0 Å². The fraction of sp³-hybridized carbons (Fsp3) is 0.240. The van der Waals surface area contributed by atoms with E-state index in [1.807, 2.05) is 30.3 Å². The van der Waals surface area contributed by atoms with Gasteiger partial charge in [0.2, 0.25) is 0 Å². The molecule has 0 unspecified atom stereocenters. The van der Waals surface area contributed by atoms with Gasteiger partial charge in [-0.25, -0.2) is 20.0 Å². The molecule has 0 radical (unpaired) electrons. The van der Waals surface area contributed by atoms with Gasteiger partial charge >= 0.3 is 12.1 Å². The molecule has 0 bridgehead atoms. The van der Waals surface area contributed by atoms with Crippen molar-refractivity contribution in [3.8, 4) is 11.5 Å². The average Bonchev–Trinajstić information content (AvgIpc) is 3.40. The summed E-state index contributed by atoms with van der Waals surface area (Å²) in [6.45, 7) is 1.65. The Morgan fingerprint density at radius 3 is 2.65 bits per heavy atom. The van der Waals surface area contributed by atoms with Crippen LogP contribution in [0.25, 0.3) is 0 Å². The number of imidazole rings is 1. The molecule has 2 aromatic carbocycles.